The van der Waals surface area contributed by atoms with Crippen molar-refractivity contribution >= 4 is 5.78 Å². The molecule has 0 aliphatic carbocycles. The molecule has 0 unspecified atom stereocenters. The van der Waals surface area contributed by atoms with E-state index in [1.165, 1.54) is 0 Å². The summed E-state index contributed by atoms with van der Waals surface area (Å²) in [6.07, 6.45) is 0.814. The van der Waals surface area contributed by atoms with Crippen LogP contribution in [0.2, 0.25) is 0 Å². The summed E-state index contributed by atoms with van der Waals surface area (Å²) in [5, 5.41) is 0. The molecule has 0 amide bonds. The van der Waals surface area contributed by atoms with Crippen LogP contribution < -0.4 is 4.74 Å². The van der Waals surface area contributed by atoms with Gasteiger partial charge in [-0.3, -0.25) is 4.79 Å². The molecule has 0 aromatic heterocycles. The molecule has 0 aliphatic rings. The second-order valence-corrected chi connectivity index (χ2v) is 4.54. The van der Waals surface area contributed by atoms with Crippen molar-refractivity contribution in [2.75, 3.05) is 13.9 Å². The van der Waals surface area contributed by atoms with E-state index in [-0.39, 0.29) is 12.6 Å². The highest BCUT2D eigenvalue weighted by molar-refractivity contribution is 5.83. The van der Waals surface area contributed by atoms with Gasteiger partial charge in [-0.25, -0.2) is 0 Å². The van der Waals surface area contributed by atoms with Crippen molar-refractivity contribution in [2.24, 2.45) is 0 Å². The van der Waals surface area contributed by atoms with Crippen molar-refractivity contribution in [3.63, 3.8) is 0 Å². The van der Waals surface area contributed by atoms with Gasteiger partial charge >= 0.3 is 0 Å². The van der Waals surface area contributed by atoms with Gasteiger partial charge in [0.25, 0.3) is 0 Å². The summed E-state index contributed by atoms with van der Waals surface area (Å²) < 4.78 is 10.4. The van der Waals surface area contributed by atoms with E-state index in [1.54, 1.807) is 7.11 Å². The Hall–Kier alpha value is -2.13. The zero-order valence-corrected chi connectivity index (χ0v) is 11.5. The van der Waals surface area contributed by atoms with Gasteiger partial charge in [-0.05, 0) is 11.6 Å². The predicted octanol–water partition coefficient (Wildman–Crippen LogP) is 3.02. The number of hydrogen-bond acceptors (Lipinski definition) is 3. The van der Waals surface area contributed by atoms with Crippen LogP contribution in [0.5, 0.6) is 5.75 Å². The summed E-state index contributed by atoms with van der Waals surface area (Å²) in [5.41, 5.74) is 1.93. The highest BCUT2D eigenvalue weighted by Gasteiger charge is 2.09. The molecule has 2 aromatic rings. The average molecular weight is 270 g/mol. The molecule has 0 aliphatic heterocycles. The second kappa shape index (κ2) is 7.46. The number of benzene rings is 2. The second-order valence-electron chi connectivity index (χ2n) is 4.54. The van der Waals surface area contributed by atoms with E-state index < -0.39 is 0 Å². The van der Waals surface area contributed by atoms with E-state index in [4.69, 9.17) is 9.47 Å². The summed E-state index contributed by atoms with van der Waals surface area (Å²) in [4.78, 5) is 12.1. The molecule has 0 bridgehead atoms. The van der Waals surface area contributed by atoms with E-state index in [2.05, 4.69) is 0 Å². The Balaban J connectivity index is 2.00. The maximum atomic E-state index is 12.1. The molecule has 0 atom stereocenters. The minimum atomic E-state index is 0.171. The molecular weight excluding hydrogens is 252 g/mol. The van der Waals surface area contributed by atoms with Crippen LogP contribution in [0, 0.1) is 0 Å². The number of ketones is 1. The molecule has 0 fully saturated rings. The zero-order chi connectivity index (χ0) is 14.2. The topological polar surface area (TPSA) is 35.5 Å². The lowest BCUT2D eigenvalue weighted by molar-refractivity contribution is -0.117. The predicted molar refractivity (Wildman–Crippen MR) is 77.8 cm³/mol. The Morgan fingerprint density at radius 3 is 2.40 bits per heavy atom. The molecule has 0 saturated heterocycles. The third kappa shape index (κ3) is 4.21. The van der Waals surface area contributed by atoms with Crippen LogP contribution in [0.1, 0.15) is 11.1 Å². The van der Waals surface area contributed by atoms with E-state index in [9.17, 15) is 4.79 Å². The van der Waals surface area contributed by atoms with Crippen LogP contribution in [0.25, 0.3) is 0 Å². The lowest BCUT2D eigenvalue weighted by atomic mass is 10.0. The SMILES string of the molecule is COCOc1ccccc1CC(=O)Cc1ccccc1. The minimum Gasteiger partial charge on any atom is -0.467 e. The summed E-state index contributed by atoms with van der Waals surface area (Å²) >= 11 is 0. The molecule has 2 aromatic carbocycles. The Morgan fingerprint density at radius 1 is 0.950 bits per heavy atom. The highest BCUT2D eigenvalue weighted by atomic mass is 16.7. The maximum absolute atomic E-state index is 12.1. The molecule has 0 saturated carbocycles. The standard InChI is InChI=1S/C17H18O3/c1-19-13-20-17-10-6-5-9-15(17)12-16(18)11-14-7-3-2-4-8-14/h2-10H,11-13H2,1H3. The van der Waals surface area contributed by atoms with Gasteiger partial charge in [-0.2, -0.15) is 0 Å². The fraction of sp³-hybridized carbons (Fsp3) is 0.235. The molecule has 3 nitrogen and oxygen atoms in total. The van der Waals surface area contributed by atoms with Crippen LogP contribution >= 0.6 is 0 Å². The highest BCUT2D eigenvalue weighted by Crippen LogP contribution is 2.19. The lowest BCUT2D eigenvalue weighted by Gasteiger charge is -2.10. The Labute approximate surface area is 119 Å². The number of methoxy groups -OCH3 is 1. The monoisotopic (exact) mass is 270 g/mol. The first-order valence-corrected chi connectivity index (χ1v) is 6.55. The van der Waals surface area contributed by atoms with Crippen molar-refractivity contribution < 1.29 is 14.3 Å². The van der Waals surface area contributed by atoms with Gasteiger partial charge in [0, 0.05) is 25.5 Å². The lowest BCUT2D eigenvalue weighted by Crippen LogP contribution is -2.09. The van der Waals surface area contributed by atoms with Gasteiger partial charge in [0.15, 0.2) is 6.79 Å². The van der Waals surface area contributed by atoms with Gasteiger partial charge in [0.05, 0.1) is 0 Å². The van der Waals surface area contributed by atoms with Crippen molar-refractivity contribution in [2.45, 2.75) is 12.8 Å². The summed E-state index contributed by atoms with van der Waals surface area (Å²) in [6, 6.07) is 17.3. The van der Waals surface area contributed by atoms with Crippen molar-refractivity contribution in [3.05, 3.63) is 65.7 Å². The van der Waals surface area contributed by atoms with E-state index in [1.807, 2.05) is 54.6 Å². The van der Waals surface area contributed by atoms with E-state index in [0.29, 0.717) is 18.6 Å². The fourth-order valence-electron chi connectivity index (χ4n) is 2.01. The Kier molecular flexibility index (Phi) is 5.33. The maximum Gasteiger partial charge on any atom is 0.188 e. The Morgan fingerprint density at radius 2 is 1.65 bits per heavy atom. The largest absolute Gasteiger partial charge is 0.467 e. The third-order valence-corrected chi connectivity index (χ3v) is 2.94. The molecule has 0 radical (unpaired) electrons. The van der Waals surface area contributed by atoms with Crippen LogP contribution in [0.15, 0.2) is 54.6 Å². The number of para-hydroxylation sites is 1. The van der Waals surface area contributed by atoms with Gasteiger partial charge in [0.1, 0.15) is 11.5 Å². The van der Waals surface area contributed by atoms with Gasteiger partial charge in [-0.1, -0.05) is 48.5 Å². The molecule has 0 spiro atoms. The van der Waals surface area contributed by atoms with Crippen LogP contribution in [0.3, 0.4) is 0 Å². The quantitative estimate of drug-likeness (QED) is 0.725. The van der Waals surface area contributed by atoms with Crippen LogP contribution in [-0.4, -0.2) is 19.7 Å². The van der Waals surface area contributed by atoms with Gasteiger partial charge in [0.2, 0.25) is 0 Å². The number of carbonyl (C=O) groups excluding carboxylic acids is 1. The molecule has 0 heterocycles. The number of rotatable bonds is 7. The van der Waals surface area contributed by atoms with E-state index in [0.717, 1.165) is 11.1 Å². The first-order chi connectivity index (χ1) is 9.79. The van der Waals surface area contributed by atoms with Crippen LogP contribution in [0.4, 0.5) is 0 Å². The zero-order valence-electron chi connectivity index (χ0n) is 11.5. The first-order valence-electron chi connectivity index (χ1n) is 6.55. The van der Waals surface area contributed by atoms with Gasteiger partial charge < -0.3 is 9.47 Å². The van der Waals surface area contributed by atoms with E-state index >= 15 is 0 Å². The molecule has 2 rings (SSSR count). The molecule has 20 heavy (non-hydrogen) atoms. The van der Waals surface area contributed by atoms with Gasteiger partial charge in [-0.15, -0.1) is 0 Å². The van der Waals surface area contributed by atoms with Crippen molar-refractivity contribution in [3.8, 4) is 5.75 Å². The summed E-state index contributed by atoms with van der Waals surface area (Å²) in [6.45, 7) is 0.184. The third-order valence-electron chi connectivity index (χ3n) is 2.94. The average Bonchev–Trinajstić information content (AvgIpc) is 2.47. The molecule has 3 heteroatoms. The molecule has 104 valence electrons. The normalized spacial score (nSPS) is 10.2. The van der Waals surface area contributed by atoms with Crippen molar-refractivity contribution in [1.29, 1.82) is 0 Å². The summed E-state index contributed by atoms with van der Waals surface area (Å²) in [7, 11) is 1.57. The number of carbonyl (C=O) groups is 1. The molecular formula is C17H18O3. The number of ether oxygens (including phenoxy) is 2. The first kappa shape index (κ1) is 14.3. The van der Waals surface area contributed by atoms with Crippen molar-refractivity contribution in [1.82, 2.24) is 0 Å². The number of hydrogen-bond donors (Lipinski definition) is 0. The van der Waals surface area contributed by atoms with Crippen LogP contribution in [-0.2, 0) is 22.4 Å². The Bertz CT molecular complexity index is 549. The smallest absolute Gasteiger partial charge is 0.188 e. The summed E-state index contributed by atoms with van der Waals surface area (Å²) in [5.74, 6) is 0.875. The number of Topliss-reactive ketones (excluding diaryl/α,β-unsaturated/α-hetero) is 1. The molecule has 0 N–H and O–H groups in total. The fourth-order valence-corrected chi connectivity index (χ4v) is 2.01. The minimum absolute atomic E-state index is 0.171.